The van der Waals surface area contributed by atoms with Crippen LogP contribution in [0.2, 0.25) is 5.02 Å². The number of carbonyl (C=O) groups excluding carboxylic acids is 3. The molecule has 7 heteroatoms. The van der Waals surface area contributed by atoms with Crippen molar-refractivity contribution in [3.63, 3.8) is 0 Å². The van der Waals surface area contributed by atoms with Crippen LogP contribution in [0, 0.1) is 11.8 Å². The Hall–Kier alpha value is -2.96. The first-order valence-corrected chi connectivity index (χ1v) is 12.2. The second-order valence-corrected chi connectivity index (χ2v) is 9.99. The van der Waals surface area contributed by atoms with Crippen molar-refractivity contribution in [2.24, 2.45) is 11.8 Å². The number of fused-ring (bicyclic) bond motifs is 5. The Kier molecular flexibility index (Phi) is 5.12. The first kappa shape index (κ1) is 21.6. The van der Waals surface area contributed by atoms with E-state index in [1.54, 1.807) is 24.3 Å². The number of Topliss-reactive ketones (excluding diaryl/α,β-unsaturated/α-hetero) is 1. The van der Waals surface area contributed by atoms with Gasteiger partial charge in [-0.15, -0.1) is 0 Å². The van der Waals surface area contributed by atoms with Gasteiger partial charge in [-0.25, -0.2) is 0 Å². The largest absolute Gasteiger partial charge is 0.376 e. The number of hydrogen-bond donors (Lipinski definition) is 0. The summed E-state index contributed by atoms with van der Waals surface area (Å²) in [7, 11) is 0. The number of nitrogens with zero attached hydrogens (tertiary/aromatic N) is 2. The molecule has 5 atom stereocenters. The summed E-state index contributed by atoms with van der Waals surface area (Å²) in [5.41, 5.74) is 3.44. The van der Waals surface area contributed by atoms with E-state index in [1.807, 2.05) is 36.1 Å². The molecule has 0 unspecified atom stereocenters. The minimum absolute atomic E-state index is 0.127. The van der Waals surface area contributed by atoms with Crippen LogP contribution >= 0.6 is 11.6 Å². The molecule has 6 rings (SSSR count). The highest BCUT2D eigenvalue weighted by molar-refractivity contribution is 6.30. The van der Waals surface area contributed by atoms with Crippen molar-refractivity contribution in [2.75, 3.05) is 18.1 Å². The molecule has 3 saturated heterocycles. The lowest BCUT2D eigenvalue weighted by Gasteiger charge is -2.38. The maximum Gasteiger partial charge on any atom is 0.235 e. The number of allylic oxidation sites excluding steroid dienone is 1. The number of ketones is 1. The first-order valence-electron chi connectivity index (χ1n) is 11.8. The zero-order valence-corrected chi connectivity index (χ0v) is 19.6. The van der Waals surface area contributed by atoms with Crippen molar-refractivity contribution in [3.05, 3.63) is 70.8 Å². The summed E-state index contributed by atoms with van der Waals surface area (Å²) in [5.74, 6) is -1.97. The van der Waals surface area contributed by atoms with Gasteiger partial charge < -0.3 is 9.64 Å². The van der Waals surface area contributed by atoms with Gasteiger partial charge in [-0.2, -0.15) is 0 Å². The van der Waals surface area contributed by atoms with Crippen molar-refractivity contribution in [1.29, 1.82) is 0 Å². The summed E-state index contributed by atoms with van der Waals surface area (Å²) in [4.78, 5) is 44.7. The molecule has 2 aromatic carbocycles. The number of anilines is 1. The zero-order chi connectivity index (χ0) is 23.6. The Balaban J connectivity index is 1.45. The van der Waals surface area contributed by atoms with Gasteiger partial charge in [-0.05, 0) is 55.7 Å². The molecule has 0 saturated carbocycles. The Morgan fingerprint density at radius 1 is 1.06 bits per heavy atom. The molecule has 4 heterocycles. The van der Waals surface area contributed by atoms with Gasteiger partial charge >= 0.3 is 0 Å². The van der Waals surface area contributed by atoms with Crippen molar-refractivity contribution < 1.29 is 19.1 Å². The Morgan fingerprint density at radius 2 is 1.79 bits per heavy atom. The van der Waals surface area contributed by atoms with E-state index in [9.17, 15) is 14.4 Å². The quantitative estimate of drug-likeness (QED) is 0.493. The predicted octanol–water partition coefficient (Wildman–Crippen LogP) is 3.98. The van der Waals surface area contributed by atoms with Crippen molar-refractivity contribution >= 4 is 40.5 Å². The van der Waals surface area contributed by atoms with E-state index in [-0.39, 0.29) is 36.3 Å². The molecule has 3 fully saturated rings. The highest BCUT2D eigenvalue weighted by Crippen LogP contribution is 2.50. The number of para-hydroxylation sites is 1. The molecule has 0 aromatic heterocycles. The van der Waals surface area contributed by atoms with Crippen LogP contribution in [-0.2, 0) is 14.3 Å². The van der Waals surface area contributed by atoms with Crippen LogP contribution in [0.4, 0.5) is 5.69 Å². The van der Waals surface area contributed by atoms with Crippen molar-refractivity contribution in [3.8, 4) is 0 Å². The average molecular weight is 477 g/mol. The molecular formula is C27H25ClN2O4. The number of imide groups is 1. The lowest BCUT2D eigenvalue weighted by atomic mass is 9.85. The molecular weight excluding hydrogens is 452 g/mol. The molecule has 34 heavy (non-hydrogen) atoms. The zero-order valence-electron chi connectivity index (χ0n) is 18.8. The summed E-state index contributed by atoms with van der Waals surface area (Å²) < 4.78 is 5.71. The number of ether oxygens (including phenoxy) is 1. The number of halogens is 1. The van der Waals surface area contributed by atoms with Crippen LogP contribution in [0.1, 0.15) is 35.7 Å². The van der Waals surface area contributed by atoms with Gasteiger partial charge in [0.2, 0.25) is 11.8 Å². The smallest absolute Gasteiger partial charge is 0.235 e. The average Bonchev–Trinajstić information content (AvgIpc) is 3.53. The second kappa shape index (κ2) is 8.07. The van der Waals surface area contributed by atoms with Gasteiger partial charge in [0.25, 0.3) is 0 Å². The van der Waals surface area contributed by atoms with E-state index in [0.717, 1.165) is 29.7 Å². The van der Waals surface area contributed by atoms with E-state index in [4.69, 9.17) is 16.3 Å². The van der Waals surface area contributed by atoms with Crippen LogP contribution in [0.15, 0.2) is 54.6 Å². The maximum atomic E-state index is 13.9. The Labute approximate surface area is 203 Å². The van der Waals surface area contributed by atoms with Crippen LogP contribution in [0.25, 0.3) is 5.57 Å². The summed E-state index contributed by atoms with van der Waals surface area (Å²) in [6.45, 7) is 2.93. The standard InChI is InChI=1S/C27H25ClN2O4/c1-15-13-21-22-23(27(33)29(26(22)32)14-18-5-4-12-34-18)24(25(31)16-8-10-17(28)11-9-16)30(21)20-7-3-2-6-19(15)20/h2-3,6-11,13,18,21-24H,4-5,12,14H2,1H3/t18-,21+,22-,23-,24-/m0/s1. The molecule has 4 aliphatic heterocycles. The summed E-state index contributed by atoms with van der Waals surface area (Å²) in [6.07, 6.45) is 3.69. The molecule has 4 aliphatic rings. The first-order chi connectivity index (χ1) is 16.5. The predicted molar refractivity (Wildman–Crippen MR) is 129 cm³/mol. The number of rotatable bonds is 4. The van der Waals surface area contributed by atoms with E-state index in [0.29, 0.717) is 17.2 Å². The van der Waals surface area contributed by atoms with Gasteiger partial charge in [-0.1, -0.05) is 35.9 Å². The Morgan fingerprint density at radius 3 is 2.53 bits per heavy atom. The number of amides is 2. The summed E-state index contributed by atoms with van der Waals surface area (Å²) in [6, 6.07) is 13.5. The van der Waals surface area contributed by atoms with Crippen molar-refractivity contribution in [1.82, 2.24) is 4.90 Å². The number of carbonyl (C=O) groups is 3. The summed E-state index contributed by atoms with van der Waals surface area (Å²) >= 11 is 6.05. The molecule has 2 aromatic rings. The van der Waals surface area contributed by atoms with Gasteiger partial charge in [0, 0.05) is 28.4 Å². The van der Waals surface area contributed by atoms with Crippen molar-refractivity contribution in [2.45, 2.75) is 38.0 Å². The van der Waals surface area contributed by atoms with E-state index >= 15 is 0 Å². The fourth-order valence-electron chi connectivity index (χ4n) is 6.12. The molecule has 2 amide bonds. The Bertz CT molecular complexity index is 1220. The molecule has 0 aliphatic carbocycles. The third kappa shape index (κ3) is 3.16. The highest BCUT2D eigenvalue weighted by atomic mass is 35.5. The second-order valence-electron chi connectivity index (χ2n) is 9.55. The minimum Gasteiger partial charge on any atom is -0.376 e. The number of likely N-dealkylation sites (tertiary alicyclic amines) is 1. The lowest BCUT2D eigenvalue weighted by Crippen LogP contribution is -2.49. The monoisotopic (exact) mass is 476 g/mol. The third-order valence-corrected chi connectivity index (χ3v) is 7.91. The van der Waals surface area contributed by atoms with Crippen LogP contribution in [0.3, 0.4) is 0 Å². The fourth-order valence-corrected chi connectivity index (χ4v) is 6.24. The van der Waals surface area contributed by atoms with Gasteiger partial charge in [0.15, 0.2) is 5.78 Å². The van der Waals surface area contributed by atoms with Crippen LogP contribution in [0.5, 0.6) is 0 Å². The van der Waals surface area contributed by atoms with E-state index < -0.39 is 17.9 Å². The lowest BCUT2D eigenvalue weighted by molar-refractivity contribution is -0.142. The molecule has 0 spiro atoms. The highest BCUT2D eigenvalue weighted by Gasteiger charge is 2.64. The SMILES string of the molecule is CC1=C[C@@H]2[C@@H]3C(=O)N(C[C@@H]4CCCO4)C(=O)[C@@H]3[C@@H](C(=O)c3ccc(Cl)cc3)N2c2ccccc21. The normalized spacial score (nSPS) is 29.7. The third-order valence-electron chi connectivity index (χ3n) is 7.65. The van der Waals surface area contributed by atoms with Gasteiger partial charge in [0.1, 0.15) is 6.04 Å². The number of hydrogen-bond acceptors (Lipinski definition) is 5. The molecule has 6 nitrogen and oxygen atoms in total. The van der Waals surface area contributed by atoms with E-state index in [2.05, 4.69) is 6.08 Å². The molecule has 0 radical (unpaired) electrons. The van der Waals surface area contributed by atoms with Gasteiger partial charge in [0.05, 0.1) is 30.5 Å². The summed E-state index contributed by atoms with van der Waals surface area (Å²) in [5, 5.41) is 0.537. The van der Waals surface area contributed by atoms with Gasteiger partial charge in [-0.3, -0.25) is 19.3 Å². The van der Waals surface area contributed by atoms with Crippen LogP contribution in [-0.4, -0.2) is 53.8 Å². The minimum atomic E-state index is -0.771. The number of benzene rings is 2. The molecule has 0 N–H and O–H groups in total. The topological polar surface area (TPSA) is 66.9 Å². The maximum absolute atomic E-state index is 13.9. The fraction of sp³-hybridized carbons (Fsp3) is 0.370. The van der Waals surface area contributed by atoms with E-state index in [1.165, 1.54) is 4.90 Å². The molecule has 0 bridgehead atoms. The van der Waals surface area contributed by atoms with Crippen LogP contribution < -0.4 is 4.90 Å². The molecule has 174 valence electrons.